The number of para-hydroxylation sites is 1. The molecule has 0 spiro atoms. The van der Waals surface area contributed by atoms with E-state index < -0.39 is 0 Å². The fourth-order valence-corrected chi connectivity index (χ4v) is 2.43. The van der Waals surface area contributed by atoms with Crippen LogP contribution in [0.2, 0.25) is 0 Å². The number of rotatable bonds is 1. The minimum atomic E-state index is -0.225. The van der Waals surface area contributed by atoms with E-state index in [1.165, 1.54) is 6.07 Å². The van der Waals surface area contributed by atoms with Crippen molar-refractivity contribution in [3.05, 3.63) is 29.7 Å². The second-order valence-corrected chi connectivity index (χ2v) is 4.49. The van der Waals surface area contributed by atoms with E-state index in [4.69, 9.17) is 4.74 Å². The van der Waals surface area contributed by atoms with Gasteiger partial charge in [-0.2, -0.15) is 5.10 Å². The topological polar surface area (TPSA) is 27.1 Å². The van der Waals surface area contributed by atoms with E-state index in [0.717, 1.165) is 36.9 Å². The highest BCUT2D eigenvalue weighted by Gasteiger charge is 2.21. The lowest BCUT2D eigenvalue weighted by Crippen LogP contribution is -2.19. The van der Waals surface area contributed by atoms with Gasteiger partial charge < -0.3 is 4.74 Å². The Balaban J connectivity index is 2.15. The Morgan fingerprint density at radius 2 is 2.29 bits per heavy atom. The number of fused-ring (bicyclic) bond motifs is 1. The standard InChI is InChI=1S/C13H15FN2O/c1-9-10-5-4-6-11(14)13(10)16(15-9)12-7-2-3-8-17-12/h4-6,12H,2-3,7-8H2,1H3. The van der Waals surface area contributed by atoms with E-state index in [1.807, 2.05) is 13.0 Å². The average Bonchev–Trinajstić information content (AvgIpc) is 2.70. The summed E-state index contributed by atoms with van der Waals surface area (Å²) in [6, 6.07) is 5.10. The molecule has 0 bridgehead atoms. The first kappa shape index (κ1) is 10.7. The molecule has 1 saturated heterocycles. The number of hydrogen-bond donors (Lipinski definition) is 0. The number of halogens is 1. The first-order chi connectivity index (χ1) is 8.27. The number of aryl methyl sites for hydroxylation is 1. The van der Waals surface area contributed by atoms with Gasteiger partial charge >= 0.3 is 0 Å². The van der Waals surface area contributed by atoms with Gasteiger partial charge in [0.1, 0.15) is 11.3 Å². The van der Waals surface area contributed by atoms with Crippen molar-refractivity contribution in [1.82, 2.24) is 9.78 Å². The third-order valence-corrected chi connectivity index (χ3v) is 3.29. The Morgan fingerprint density at radius 3 is 3.06 bits per heavy atom. The molecular formula is C13H15FN2O. The molecule has 4 heteroatoms. The minimum absolute atomic E-state index is 0.114. The molecule has 2 aromatic rings. The molecule has 1 aromatic heterocycles. The highest BCUT2D eigenvalue weighted by atomic mass is 19.1. The molecule has 17 heavy (non-hydrogen) atoms. The second-order valence-electron chi connectivity index (χ2n) is 4.49. The van der Waals surface area contributed by atoms with Crippen LogP contribution in [-0.4, -0.2) is 16.4 Å². The summed E-state index contributed by atoms with van der Waals surface area (Å²) in [7, 11) is 0. The van der Waals surface area contributed by atoms with Crippen LogP contribution in [-0.2, 0) is 4.74 Å². The average molecular weight is 234 g/mol. The molecule has 3 rings (SSSR count). The Morgan fingerprint density at radius 1 is 1.41 bits per heavy atom. The van der Waals surface area contributed by atoms with Crippen molar-refractivity contribution in [2.45, 2.75) is 32.4 Å². The van der Waals surface area contributed by atoms with Gasteiger partial charge in [-0.05, 0) is 32.3 Å². The monoisotopic (exact) mass is 234 g/mol. The van der Waals surface area contributed by atoms with E-state index in [0.29, 0.717) is 5.52 Å². The summed E-state index contributed by atoms with van der Waals surface area (Å²) >= 11 is 0. The van der Waals surface area contributed by atoms with Crippen LogP contribution in [0.4, 0.5) is 4.39 Å². The molecule has 1 unspecified atom stereocenters. The maximum absolute atomic E-state index is 13.9. The van der Waals surface area contributed by atoms with Crippen LogP contribution in [0.5, 0.6) is 0 Å². The smallest absolute Gasteiger partial charge is 0.150 e. The fourth-order valence-electron chi connectivity index (χ4n) is 2.43. The molecule has 1 fully saturated rings. The van der Waals surface area contributed by atoms with Crippen molar-refractivity contribution in [1.29, 1.82) is 0 Å². The predicted molar refractivity (Wildman–Crippen MR) is 63.3 cm³/mol. The van der Waals surface area contributed by atoms with Gasteiger partial charge in [0.25, 0.3) is 0 Å². The Labute approximate surface area is 99.2 Å². The molecule has 0 N–H and O–H groups in total. The van der Waals surface area contributed by atoms with E-state index >= 15 is 0 Å². The lowest BCUT2D eigenvalue weighted by atomic mass is 10.1. The van der Waals surface area contributed by atoms with Gasteiger partial charge in [-0.15, -0.1) is 0 Å². The van der Waals surface area contributed by atoms with E-state index in [9.17, 15) is 4.39 Å². The van der Waals surface area contributed by atoms with Crippen molar-refractivity contribution >= 4 is 10.9 Å². The van der Waals surface area contributed by atoms with Crippen LogP contribution in [0, 0.1) is 12.7 Å². The van der Waals surface area contributed by atoms with Crippen LogP contribution >= 0.6 is 0 Å². The number of benzene rings is 1. The van der Waals surface area contributed by atoms with Crippen LogP contribution in [0.1, 0.15) is 31.2 Å². The number of nitrogens with zero attached hydrogens (tertiary/aromatic N) is 2. The molecular weight excluding hydrogens is 219 g/mol. The van der Waals surface area contributed by atoms with Crippen LogP contribution < -0.4 is 0 Å². The second kappa shape index (κ2) is 4.11. The van der Waals surface area contributed by atoms with Crippen molar-refractivity contribution in [3.8, 4) is 0 Å². The molecule has 1 aromatic carbocycles. The van der Waals surface area contributed by atoms with Gasteiger partial charge in [-0.25, -0.2) is 9.07 Å². The zero-order valence-corrected chi connectivity index (χ0v) is 9.82. The largest absolute Gasteiger partial charge is 0.356 e. The SMILES string of the molecule is Cc1nn(C2CCCCO2)c2c(F)cccc12. The molecule has 0 radical (unpaired) electrons. The summed E-state index contributed by atoms with van der Waals surface area (Å²) < 4.78 is 21.3. The maximum atomic E-state index is 13.9. The van der Waals surface area contributed by atoms with Gasteiger partial charge in [-0.1, -0.05) is 12.1 Å². The van der Waals surface area contributed by atoms with Gasteiger partial charge in [0, 0.05) is 12.0 Å². The highest BCUT2D eigenvalue weighted by Crippen LogP contribution is 2.29. The summed E-state index contributed by atoms with van der Waals surface area (Å²) in [6.07, 6.45) is 2.98. The van der Waals surface area contributed by atoms with Gasteiger partial charge in [0.2, 0.25) is 0 Å². The summed E-state index contributed by atoms with van der Waals surface area (Å²) in [4.78, 5) is 0. The van der Waals surface area contributed by atoms with Gasteiger partial charge in [0.05, 0.1) is 5.69 Å². The number of aromatic nitrogens is 2. The highest BCUT2D eigenvalue weighted by molar-refractivity contribution is 5.82. The van der Waals surface area contributed by atoms with Crippen LogP contribution in [0.15, 0.2) is 18.2 Å². The summed E-state index contributed by atoms with van der Waals surface area (Å²) in [6.45, 7) is 2.64. The third-order valence-electron chi connectivity index (χ3n) is 3.29. The number of ether oxygens (including phenoxy) is 1. The molecule has 1 aliphatic rings. The summed E-state index contributed by atoms with van der Waals surface area (Å²) in [5.41, 5.74) is 1.42. The van der Waals surface area contributed by atoms with Crippen LogP contribution in [0.3, 0.4) is 0 Å². The van der Waals surface area contributed by atoms with E-state index in [-0.39, 0.29) is 12.0 Å². The molecule has 90 valence electrons. The van der Waals surface area contributed by atoms with Crippen LogP contribution in [0.25, 0.3) is 10.9 Å². The fraction of sp³-hybridized carbons (Fsp3) is 0.462. The van der Waals surface area contributed by atoms with E-state index in [2.05, 4.69) is 5.10 Å². The first-order valence-electron chi connectivity index (χ1n) is 6.02. The Bertz CT molecular complexity index is 544. The third kappa shape index (κ3) is 1.72. The quantitative estimate of drug-likeness (QED) is 0.757. The van der Waals surface area contributed by atoms with Gasteiger partial charge in [-0.3, -0.25) is 0 Å². The number of hydrogen-bond acceptors (Lipinski definition) is 2. The molecule has 1 aliphatic heterocycles. The van der Waals surface area contributed by atoms with Crippen molar-refractivity contribution in [2.75, 3.05) is 6.61 Å². The van der Waals surface area contributed by atoms with Crippen molar-refractivity contribution in [3.63, 3.8) is 0 Å². The first-order valence-corrected chi connectivity index (χ1v) is 6.02. The molecule has 0 amide bonds. The lowest BCUT2D eigenvalue weighted by Gasteiger charge is -2.23. The molecule has 0 saturated carbocycles. The zero-order valence-electron chi connectivity index (χ0n) is 9.82. The predicted octanol–water partition coefficient (Wildman–Crippen LogP) is 3.18. The lowest BCUT2D eigenvalue weighted by molar-refractivity contribution is -0.0370. The zero-order chi connectivity index (χ0) is 11.8. The molecule has 0 aliphatic carbocycles. The molecule has 2 heterocycles. The Kier molecular flexibility index (Phi) is 2.59. The Hall–Kier alpha value is -1.42. The summed E-state index contributed by atoms with van der Waals surface area (Å²) in [5, 5.41) is 5.30. The van der Waals surface area contributed by atoms with Crippen molar-refractivity contribution in [2.24, 2.45) is 0 Å². The maximum Gasteiger partial charge on any atom is 0.150 e. The molecule has 3 nitrogen and oxygen atoms in total. The van der Waals surface area contributed by atoms with Crippen molar-refractivity contribution < 1.29 is 9.13 Å². The minimum Gasteiger partial charge on any atom is -0.356 e. The normalized spacial score (nSPS) is 20.9. The van der Waals surface area contributed by atoms with Gasteiger partial charge in [0.15, 0.2) is 6.23 Å². The molecule has 1 atom stereocenters. The summed E-state index contributed by atoms with van der Waals surface area (Å²) in [5.74, 6) is -0.225. The van der Waals surface area contributed by atoms with E-state index in [1.54, 1.807) is 10.7 Å².